The molecule has 5 atom stereocenters. The number of primary amides is 2. The topological polar surface area (TPSA) is 266 Å². The molecular formula is C26H47N7O8. The summed E-state index contributed by atoms with van der Waals surface area (Å²) in [5, 5.41) is 19.1. The van der Waals surface area contributed by atoms with Gasteiger partial charge in [-0.3, -0.25) is 28.8 Å². The molecule has 11 N–H and O–H groups in total. The standard InChI is InChI=1S/C26H47N7O8/c1-12(2)9-15(27)22(36)31-17(10-13(3)4)24(38)33-21(14(5)6)25(39)30-16(7-8-19(28)34)23(37)32-18(26(40)41)11-20(29)35/h12-18,21H,7-11,27H2,1-6H3,(H2,28,34)(H2,29,35)(H,30,39)(H,31,36)(H,32,37)(H,33,38)(H,40,41)/t15-,16-,17-,18-,21-/m0/s1. The number of aliphatic carboxylic acids is 1. The lowest BCUT2D eigenvalue weighted by molar-refractivity contribution is -0.144. The minimum atomic E-state index is -1.67. The molecule has 0 aliphatic heterocycles. The van der Waals surface area contributed by atoms with E-state index in [4.69, 9.17) is 17.2 Å². The monoisotopic (exact) mass is 585 g/mol. The van der Waals surface area contributed by atoms with Gasteiger partial charge in [0.25, 0.3) is 0 Å². The molecule has 0 bridgehead atoms. The molecule has 0 unspecified atom stereocenters. The largest absolute Gasteiger partial charge is 0.480 e. The molecule has 41 heavy (non-hydrogen) atoms. The first-order valence-corrected chi connectivity index (χ1v) is 13.6. The van der Waals surface area contributed by atoms with E-state index in [9.17, 15) is 38.7 Å². The first kappa shape index (κ1) is 37.2. The van der Waals surface area contributed by atoms with E-state index in [0.717, 1.165) is 0 Å². The lowest BCUT2D eigenvalue weighted by atomic mass is 9.98. The van der Waals surface area contributed by atoms with Crippen molar-refractivity contribution in [3.8, 4) is 0 Å². The van der Waals surface area contributed by atoms with E-state index in [1.807, 2.05) is 27.7 Å². The van der Waals surface area contributed by atoms with Gasteiger partial charge in [0.1, 0.15) is 24.2 Å². The highest BCUT2D eigenvalue weighted by atomic mass is 16.4. The summed E-state index contributed by atoms with van der Waals surface area (Å²) in [6.45, 7) is 10.8. The molecule has 15 nitrogen and oxygen atoms in total. The minimum Gasteiger partial charge on any atom is -0.480 e. The van der Waals surface area contributed by atoms with E-state index in [1.165, 1.54) is 0 Å². The van der Waals surface area contributed by atoms with E-state index in [1.54, 1.807) is 13.8 Å². The number of hydrogen-bond acceptors (Lipinski definition) is 8. The number of nitrogens with one attached hydrogen (secondary N) is 4. The van der Waals surface area contributed by atoms with Crippen LogP contribution in [0.25, 0.3) is 0 Å². The van der Waals surface area contributed by atoms with Crippen LogP contribution >= 0.6 is 0 Å². The molecule has 0 aromatic rings. The minimum absolute atomic E-state index is 0.00293. The highest BCUT2D eigenvalue weighted by Crippen LogP contribution is 2.11. The number of hydrogen-bond donors (Lipinski definition) is 8. The number of carbonyl (C=O) groups is 7. The molecule has 6 amide bonds. The first-order valence-electron chi connectivity index (χ1n) is 13.6. The fourth-order valence-corrected chi connectivity index (χ4v) is 3.88. The summed E-state index contributed by atoms with van der Waals surface area (Å²) in [7, 11) is 0. The molecule has 15 heteroatoms. The maximum atomic E-state index is 13.3. The van der Waals surface area contributed by atoms with Gasteiger partial charge in [-0.15, -0.1) is 0 Å². The lowest BCUT2D eigenvalue weighted by Gasteiger charge is -2.28. The lowest BCUT2D eigenvalue weighted by Crippen LogP contribution is -2.60. The Morgan fingerprint density at radius 2 is 1.12 bits per heavy atom. The highest BCUT2D eigenvalue weighted by Gasteiger charge is 2.33. The van der Waals surface area contributed by atoms with Gasteiger partial charge in [-0.2, -0.15) is 0 Å². The van der Waals surface area contributed by atoms with E-state index in [0.29, 0.717) is 6.42 Å². The fourth-order valence-electron chi connectivity index (χ4n) is 3.88. The normalized spacial score (nSPS) is 14.9. The Labute approximate surface area is 240 Å². The van der Waals surface area contributed by atoms with Gasteiger partial charge in [0.15, 0.2) is 0 Å². The summed E-state index contributed by atoms with van der Waals surface area (Å²) in [5.74, 6) is -6.55. The molecule has 0 aliphatic carbocycles. The van der Waals surface area contributed by atoms with Crippen LogP contribution in [0.15, 0.2) is 0 Å². The molecule has 0 aromatic heterocycles. The van der Waals surface area contributed by atoms with Crippen LogP contribution in [0.5, 0.6) is 0 Å². The van der Waals surface area contributed by atoms with Crippen molar-refractivity contribution < 1.29 is 38.7 Å². The number of rotatable bonds is 19. The van der Waals surface area contributed by atoms with Crippen molar-refractivity contribution in [1.82, 2.24) is 21.3 Å². The van der Waals surface area contributed by atoms with Crippen molar-refractivity contribution in [1.29, 1.82) is 0 Å². The second kappa shape index (κ2) is 17.8. The predicted octanol–water partition coefficient (Wildman–Crippen LogP) is -1.77. The van der Waals surface area contributed by atoms with Gasteiger partial charge in [0, 0.05) is 6.42 Å². The Hall–Kier alpha value is -3.75. The molecule has 0 radical (unpaired) electrons. The Morgan fingerprint density at radius 1 is 0.634 bits per heavy atom. The van der Waals surface area contributed by atoms with Crippen molar-refractivity contribution in [3.05, 3.63) is 0 Å². The van der Waals surface area contributed by atoms with Gasteiger partial charge in [-0.1, -0.05) is 41.5 Å². The van der Waals surface area contributed by atoms with Crippen molar-refractivity contribution in [2.24, 2.45) is 35.0 Å². The Kier molecular flexibility index (Phi) is 16.2. The third-order valence-electron chi connectivity index (χ3n) is 5.98. The maximum Gasteiger partial charge on any atom is 0.326 e. The number of carboxylic acid groups (broad SMARTS) is 1. The Balaban J connectivity index is 5.84. The summed E-state index contributed by atoms with van der Waals surface area (Å²) in [6, 6.07) is -6.09. The van der Waals surface area contributed by atoms with Crippen molar-refractivity contribution in [2.75, 3.05) is 0 Å². The van der Waals surface area contributed by atoms with E-state index in [2.05, 4.69) is 21.3 Å². The van der Waals surface area contributed by atoms with Gasteiger partial charge in [0.05, 0.1) is 12.5 Å². The molecule has 0 rings (SSSR count). The fraction of sp³-hybridized carbons (Fsp3) is 0.731. The molecule has 0 aromatic carbocycles. The van der Waals surface area contributed by atoms with Crippen LogP contribution in [0.2, 0.25) is 0 Å². The maximum absolute atomic E-state index is 13.3. The average Bonchev–Trinajstić information content (AvgIpc) is 2.82. The van der Waals surface area contributed by atoms with Crippen LogP contribution in [-0.2, 0) is 33.6 Å². The summed E-state index contributed by atoms with van der Waals surface area (Å²) >= 11 is 0. The Bertz CT molecular complexity index is 954. The summed E-state index contributed by atoms with van der Waals surface area (Å²) < 4.78 is 0. The van der Waals surface area contributed by atoms with Crippen LogP contribution in [0.1, 0.15) is 73.6 Å². The first-order chi connectivity index (χ1) is 18.8. The summed E-state index contributed by atoms with van der Waals surface area (Å²) in [4.78, 5) is 86.0. The molecule has 0 aliphatic rings. The quantitative estimate of drug-likeness (QED) is 0.0850. The highest BCUT2D eigenvalue weighted by molar-refractivity contribution is 5.96. The second-order valence-corrected chi connectivity index (χ2v) is 11.3. The van der Waals surface area contributed by atoms with Crippen molar-refractivity contribution in [3.63, 3.8) is 0 Å². The number of carbonyl (C=O) groups excluding carboxylic acids is 6. The zero-order valence-electron chi connectivity index (χ0n) is 24.7. The average molecular weight is 586 g/mol. The van der Waals surface area contributed by atoms with Crippen LogP contribution in [0.4, 0.5) is 0 Å². The third kappa shape index (κ3) is 15.0. The van der Waals surface area contributed by atoms with Crippen LogP contribution in [0, 0.1) is 17.8 Å². The zero-order valence-corrected chi connectivity index (χ0v) is 24.7. The van der Waals surface area contributed by atoms with Crippen LogP contribution < -0.4 is 38.5 Å². The second-order valence-electron chi connectivity index (χ2n) is 11.3. The summed E-state index contributed by atoms with van der Waals surface area (Å²) in [5.41, 5.74) is 16.2. The van der Waals surface area contributed by atoms with E-state index >= 15 is 0 Å². The van der Waals surface area contributed by atoms with Crippen molar-refractivity contribution >= 4 is 41.4 Å². The molecule has 0 fully saturated rings. The summed E-state index contributed by atoms with van der Waals surface area (Å²) in [6.07, 6.45) is -0.640. The number of carboxylic acids is 1. The molecule has 0 saturated carbocycles. The predicted molar refractivity (Wildman–Crippen MR) is 149 cm³/mol. The molecule has 0 saturated heterocycles. The van der Waals surface area contributed by atoms with Gasteiger partial charge >= 0.3 is 5.97 Å². The Morgan fingerprint density at radius 3 is 1.56 bits per heavy atom. The molecule has 0 heterocycles. The van der Waals surface area contributed by atoms with E-state index < -0.39 is 84.0 Å². The number of amides is 6. The number of nitrogens with two attached hydrogens (primary N) is 3. The van der Waals surface area contributed by atoms with Gasteiger partial charge < -0.3 is 43.6 Å². The smallest absolute Gasteiger partial charge is 0.326 e. The zero-order chi connectivity index (χ0) is 32.0. The van der Waals surface area contributed by atoms with Crippen LogP contribution in [0.3, 0.4) is 0 Å². The molecule has 234 valence electrons. The van der Waals surface area contributed by atoms with Crippen molar-refractivity contribution in [2.45, 2.75) is 104 Å². The van der Waals surface area contributed by atoms with Gasteiger partial charge in [-0.05, 0) is 37.0 Å². The molecule has 0 spiro atoms. The SMILES string of the molecule is CC(C)C[C@H](NC(=O)[C@@H](N)CC(C)C)C(=O)N[C@H](C(=O)N[C@@H](CCC(N)=O)C(=O)N[C@@H](CC(N)=O)C(=O)O)C(C)C. The van der Waals surface area contributed by atoms with E-state index in [-0.39, 0.29) is 31.1 Å². The van der Waals surface area contributed by atoms with Gasteiger partial charge in [-0.25, -0.2) is 4.79 Å². The molecular weight excluding hydrogens is 538 g/mol. The van der Waals surface area contributed by atoms with Crippen LogP contribution in [-0.4, -0.2) is 76.7 Å². The third-order valence-corrected chi connectivity index (χ3v) is 5.98. The van der Waals surface area contributed by atoms with Gasteiger partial charge in [0.2, 0.25) is 35.4 Å².